The Morgan fingerprint density at radius 2 is 1.70 bits per heavy atom. The van der Waals surface area contributed by atoms with Gasteiger partial charge in [0.2, 0.25) is 0 Å². The third-order valence-corrected chi connectivity index (χ3v) is 6.16. The zero-order chi connectivity index (χ0) is 26.2. The highest BCUT2D eigenvalue weighted by Gasteiger charge is 2.45. The number of benzene rings is 2. The highest BCUT2D eigenvalue weighted by molar-refractivity contribution is 6.46. The predicted molar refractivity (Wildman–Crippen MR) is 140 cm³/mol. The minimum atomic E-state index is -0.719. The first-order valence-electron chi connectivity index (χ1n) is 12.7. The van der Waals surface area contributed by atoms with E-state index in [2.05, 4.69) is 4.98 Å². The van der Waals surface area contributed by atoms with Gasteiger partial charge >= 0.3 is 0 Å². The van der Waals surface area contributed by atoms with Gasteiger partial charge in [-0.15, -0.1) is 0 Å². The Bertz CT molecular complexity index is 1230. The van der Waals surface area contributed by atoms with Crippen molar-refractivity contribution in [3.05, 3.63) is 84.0 Å². The molecule has 2 aromatic carbocycles. The summed E-state index contributed by atoms with van der Waals surface area (Å²) in [6, 6.07) is 13.6. The van der Waals surface area contributed by atoms with Crippen LogP contribution in [0.15, 0.2) is 72.8 Å². The van der Waals surface area contributed by atoms with Crippen molar-refractivity contribution < 1.29 is 24.2 Å². The van der Waals surface area contributed by atoms with Crippen LogP contribution < -0.4 is 9.47 Å². The lowest BCUT2D eigenvalue weighted by Gasteiger charge is -2.25. The monoisotopic (exact) mass is 503 g/mol. The number of hydrogen-bond donors (Lipinski definition) is 1. The first-order valence-corrected chi connectivity index (χ1v) is 12.7. The number of carbonyl (C=O) groups is 2. The number of aliphatic hydroxyl groups is 1. The molecular weight excluding hydrogens is 470 g/mol. The highest BCUT2D eigenvalue weighted by Crippen LogP contribution is 2.40. The first-order chi connectivity index (χ1) is 18.0. The van der Waals surface area contributed by atoms with Gasteiger partial charge in [0.25, 0.3) is 11.7 Å². The number of amides is 1. The molecule has 1 unspecified atom stereocenters. The smallest absolute Gasteiger partial charge is 0.295 e. The van der Waals surface area contributed by atoms with E-state index in [4.69, 9.17) is 9.47 Å². The zero-order valence-corrected chi connectivity index (χ0v) is 21.3. The van der Waals surface area contributed by atoms with Gasteiger partial charge in [-0.05, 0) is 49.1 Å². The van der Waals surface area contributed by atoms with Crippen molar-refractivity contribution in [1.29, 1.82) is 0 Å². The van der Waals surface area contributed by atoms with E-state index >= 15 is 0 Å². The summed E-state index contributed by atoms with van der Waals surface area (Å²) >= 11 is 0. The number of ketones is 1. The molecule has 1 atom stereocenters. The van der Waals surface area contributed by atoms with Gasteiger partial charge in [0.05, 0.1) is 31.2 Å². The van der Waals surface area contributed by atoms with E-state index in [0.717, 1.165) is 18.4 Å². The summed E-state index contributed by atoms with van der Waals surface area (Å²) in [7, 11) is 0. The van der Waals surface area contributed by atoms with E-state index in [9.17, 15) is 14.7 Å². The number of hydrogen-bond acceptors (Lipinski definition) is 6. The van der Waals surface area contributed by atoms with E-state index in [1.807, 2.05) is 48.9 Å². The molecule has 8 nitrogen and oxygen atoms in total. The van der Waals surface area contributed by atoms with Crippen LogP contribution in [0.25, 0.3) is 5.76 Å². The molecule has 194 valence electrons. The molecule has 2 heterocycles. The molecule has 0 aliphatic carbocycles. The Kier molecular flexibility index (Phi) is 8.61. The summed E-state index contributed by atoms with van der Waals surface area (Å²) in [6.07, 6.45) is 7.63. The molecule has 0 radical (unpaired) electrons. The largest absolute Gasteiger partial charge is 0.507 e. The summed E-state index contributed by atoms with van der Waals surface area (Å²) in [6.45, 7) is 6.18. The number of aromatic nitrogens is 2. The second kappa shape index (κ2) is 12.3. The molecule has 3 aromatic rings. The lowest BCUT2D eigenvalue weighted by molar-refractivity contribution is -0.139. The van der Waals surface area contributed by atoms with Crippen LogP contribution in [-0.2, 0) is 16.1 Å². The maximum atomic E-state index is 13.3. The van der Waals surface area contributed by atoms with Gasteiger partial charge < -0.3 is 24.0 Å². The van der Waals surface area contributed by atoms with Gasteiger partial charge in [0.1, 0.15) is 17.3 Å². The van der Waals surface area contributed by atoms with Crippen molar-refractivity contribution in [3.8, 4) is 11.5 Å². The minimum Gasteiger partial charge on any atom is -0.507 e. The Hall–Kier alpha value is -4.07. The average Bonchev–Trinajstić information content (AvgIpc) is 3.53. The van der Waals surface area contributed by atoms with Crippen LogP contribution in [0, 0.1) is 0 Å². The number of carbonyl (C=O) groups excluding carboxylic acids is 2. The molecule has 8 heteroatoms. The summed E-state index contributed by atoms with van der Waals surface area (Å²) < 4.78 is 13.3. The average molecular weight is 504 g/mol. The van der Waals surface area contributed by atoms with E-state index in [1.165, 1.54) is 0 Å². The molecule has 4 rings (SSSR count). The molecule has 1 amide bonds. The van der Waals surface area contributed by atoms with Crippen LogP contribution in [-0.4, -0.2) is 51.0 Å². The highest BCUT2D eigenvalue weighted by atomic mass is 16.5. The molecule has 1 fully saturated rings. The molecule has 0 saturated carbocycles. The topological polar surface area (TPSA) is 93.9 Å². The fourth-order valence-electron chi connectivity index (χ4n) is 4.37. The number of likely N-dealkylation sites (tertiary alicyclic amines) is 1. The van der Waals surface area contributed by atoms with E-state index in [-0.39, 0.29) is 11.3 Å². The SMILES string of the molecule is CCCOc1ccc(C2C(=C(O)c3cccc(OCCC)c3)C(=O)C(=O)N2CCCn2ccnc2)cc1. The van der Waals surface area contributed by atoms with Crippen LogP contribution >= 0.6 is 0 Å². The number of rotatable bonds is 12. The third-order valence-electron chi connectivity index (χ3n) is 6.16. The van der Waals surface area contributed by atoms with Gasteiger partial charge in [0, 0.05) is 31.0 Å². The molecule has 37 heavy (non-hydrogen) atoms. The van der Waals surface area contributed by atoms with Crippen LogP contribution in [0.2, 0.25) is 0 Å². The molecule has 0 spiro atoms. The van der Waals surface area contributed by atoms with Gasteiger partial charge in [-0.3, -0.25) is 9.59 Å². The number of aryl methyl sites for hydroxylation is 1. The molecule has 0 bridgehead atoms. The maximum absolute atomic E-state index is 13.3. The summed E-state index contributed by atoms with van der Waals surface area (Å²) in [5.74, 6) is -0.232. The van der Waals surface area contributed by atoms with Crippen molar-refractivity contribution in [2.24, 2.45) is 0 Å². The lowest BCUT2D eigenvalue weighted by atomic mass is 9.95. The molecule has 1 N–H and O–H groups in total. The van der Waals surface area contributed by atoms with E-state index in [0.29, 0.717) is 49.8 Å². The second-order valence-electron chi connectivity index (χ2n) is 8.94. The Balaban J connectivity index is 1.69. The number of Topliss-reactive ketones (excluding diaryl/α,β-unsaturated/α-hetero) is 1. The van der Waals surface area contributed by atoms with Crippen LogP contribution in [0.1, 0.15) is 50.3 Å². The van der Waals surface area contributed by atoms with Gasteiger partial charge in [-0.2, -0.15) is 0 Å². The number of imidazole rings is 1. The Morgan fingerprint density at radius 1 is 0.973 bits per heavy atom. The molecule has 1 aromatic heterocycles. The Labute approximate surface area is 217 Å². The van der Waals surface area contributed by atoms with Gasteiger partial charge in [-0.25, -0.2) is 4.98 Å². The standard InChI is InChI=1S/C29H33N3O5/c1-3-17-36-23-11-9-21(10-12-23)26-25(27(33)22-7-5-8-24(19-22)37-18-4-2)28(34)29(35)32(26)15-6-14-31-16-13-30-20-31/h5,7-13,16,19-20,26,33H,3-4,6,14-15,17-18H2,1-2H3. The lowest BCUT2D eigenvalue weighted by Crippen LogP contribution is -2.31. The number of aliphatic hydroxyl groups excluding tert-OH is 1. The molecule has 1 saturated heterocycles. The fraction of sp³-hybridized carbons (Fsp3) is 0.345. The minimum absolute atomic E-state index is 0.0718. The maximum Gasteiger partial charge on any atom is 0.295 e. The van der Waals surface area contributed by atoms with Crippen molar-refractivity contribution in [1.82, 2.24) is 14.5 Å². The first kappa shape index (κ1) is 26.0. The Morgan fingerprint density at radius 3 is 2.38 bits per heavy atom. The number of nitrogens with zero attached hydrogens (tertiary/aromatic N) is 3. The van der Waals surface area contributed by atoms with E-state index < -0.39 is 17.7 Å². The third kappa shape index (κ3) is 6.02. The van der Waals surface area contributed by atoms with Crippen molar-refractivity contribution in [2.45, 2.75) is 45.7 Å². The quantitative estimate of drug-likeness (QED) is 0.213. The van der Waals surface area contributed by atoms with Crippen LogP contribution in [0.3, 0.4) is 0 Å². The van der Waals surface area contributed by atoms with Crippen molar-refractivity contribution in [2.75, 3.05) is 19.8 Å². The zero-order valence-electron chi connectivity index (χ0n) is 21.3. The van der Waals surface area contributed by atoms with Gasteiger partial charge in [0.15, 0.2) is 0 Å². The molecular formula is C29H33N3O5. The number of ether oxygens (including phenoxy) is 2. The summed E-state index contributed by atoms with van der Waals surface area (Å²) in [4.78, 5) is 32.1. The van der Waals surface area contributed by atoms with Crippen LogP contribution in [0.4, 0.5) is 0 Å². The van der Waals surface area contributed by atoms with E-state index in [1.54, 1.807) is 41.7 Å². The van der Waals surface area contributed by atoms with Crippen molar-refractivity contribution >= 4 is 17.4 Å². The summed E-state index contributed by atoms with van der Waals surface area (Å²) in [5.41, 5.74) is 1.23. The predicted octanol–water partition coefficient (Wildman–Crippen LogP) is 4.97. The van der Waals surface area contributed by atoms with Crippen LogP contribution in [0.5, 0.6) is 11.5 Å². The molecule has 1 aliphatic rings. The molecule has 1 aliphatic heterocycles. The fourth-order valence-corrected chi connectivity index (χ4v) is 4.37. The second-order valence-corrected chi connectivity index (χ2v) is 8.94. The summed E-state index contributed by atoms with van der Waals surface area (Å²) in [5, 5.41) is 11.3. The van der Waals surface area contributed by atoms with Crippen molar-refractivity contribution in [3.63, 3.8) is 0 Å². The van der Waals surface area contributed by atoms with Gasteiger partial charge in [-0.1, -0.05) is 38.1 Å². The normalized spacial score (nSPS) is 16.8.